The summed E-state index contributed by atoms with van der Waals surface area (Å²) in [5.41, 5.74) is 2.65. The van der Waals surface area contributed by atoms with E-state index < -0.39 is 6.04 Å². The number of rotatable bonds is 8. The van der Waals surface area contributed by atoms with Crippen LogP contribution in [0.15, 0.2) is 100 Å². The van der Waals surface area contributed by atoms with Gasteiger partial charge in [0.2, 0.25) is 5.76 Å². The Kier molecular flexibility index (Phi) is 6.63. The Morgan fingerprint density at radius 3 is 2.36 bits per heavy atom. The van der Waals surface area contributed by atoms with Gasteiger partial charge in [0.1, 0.15) is 17.9 Å². The largest absolute Gasteiger partial charge is 0.489 e. The average molecular weight is 519 g/mol. The van der Waals surface area contributed by atoms with Gasteiger partial charge in [-0.15, -0.1) is 0 Å². The van der Waals surface area contributed by atoms with E-state index in [0.29, 0.717) is 29.7 Å². The topological polar surface area (TPSA) is 63.0 Å². The fourth-order valence-corrected chi connectivity index (χ4v) is 5.37. The van der Waals surface area contributed by atoms with Crippen LogP contribution < -0.4 is 10.2 Å². The second-order valence-corrected chi connectivity index (χ2v) is 10.2. The van der Waals surface area contributed by atoms with E-state index >= 15 is 0 Å². The van der Waals surface area contributed by atoms with Crippen molar-refractivity contribution in [1.82, 2.24) is 9.80 Å². The lowest BCUT2D eigenvalue weighted by molar-refractivity contribution is 0.0722. The Morgan fingerprint density at radius 2 is 1.59 bits per heavy atom. The second-order valence-electron chi connectivity index (χ2n) is 10.2. The minimum atomic E-state index is -0.523. The quantitative estimate of drug-likeness (QED) is 0.235. The van der Waals surface area contributed by atoms with E-state index in [2.05, 4.69) is 4.90 Å². The Hall–Kier alpha value is -4.42. The van der Waals surface area contributed by atoms with Gasteiger partial charge in [0.15, 0.2) is 5.43 Å². The summed E-state index contributed by atoms with van der Waals surface area (Å²) in [4.78, 5) is 31.6. The van der Waals surface area contributed by atoms with Gasteiger partial charge in [-0.2, -0.15) is 0 Å². The number of nitrogens with zero attached hydrogens (tertiary/aromatic N) is 2. The van der Waals surface area contributed by atoms with E-state index in [9.17, 15) is 9.59 Å². The predicted molar refractivity (Wildman–Crippen MR) is 153 cm³/mol. The number of carbonyl (C=O) groups excluding carboxylic acids is 1. The van der Waals surface area contributed by atoms with Crippen molar-refractivity contribution in [2.24, 2.45) is 0 Å². The number of amides is 1. The van der Waals surface area contributed by atoms with Crippen molar-refractivity contribution < 1.29 is 13.9 Å². The highest BCUT2D eigenvalue weighted by molar-refractivity contribution is 6.06. The van der Waals surface area contributed by atoms with E-state index in [4.69, 9.17) is 9.15 Å². The molecule has 0 N–H and O–H groups in total. The van der Waals surface area contributed by atoms with Crippen molar-refractivity contribution in [3.8, 4) is 5.75 Å². The SMILES string of the molecule is CN(C)CCCN1C(=O)c2oc3c(ccc4ccccc43)c(=O)c2C1c1ccc(OCc2ccccc2)cc1. The molecular formula is C33H30N2O4. The van der Waals surface area contributed by atoms with E-state index in [1.807, 2.05) is 99.0 Å². The minimum absolute atomic E-state index is 0.142. The molecule has 0 aliphatic carbocycles. The first-order valence-corrected chi connectivity index (χ1v) is 13.2. The summed E-state index contributed by atoms with van der Waals surface area (Å²) >= 11 is 0. The predicted octanol–water partition coefficient (Wildman–Crippen LogP) is 6.02. The van der Waals surface area contributed by atoms with Gasteiger partial charge < -0.3 is 19.0 Å². The van der Waals surface area contributed by atoms with Crippen LogP contribution in [0, 0.1) is 0 Å². The van der Waals surface area contributed by atoms with Crippen LogP contribution in [0.2, 0.25) is 0 Å². The lowest BCUT2D eigenvalue weighted by Crippen LogP contribution is -2.32. The van der Waals surface area contributed by atoms with Crippen molar-refractivity contribution in [3.63, 3.8) is 0 Å². The standard InChI is InChI=1S/C33H30N2O4/c1-34(2)19-8-20-35-29(24-13-16-25(17-14-24)38-21-22-9-4-3-5-10-22)28-30(36)27-18-15-23-11-6-7-12-26(23)31(27)39-32(28)33(35)37/h3-7,9-18,29H,8,19-21H2,1-2H3. The molecule has 5 aromatic rings. The van der Waals surface area contributed by atoms with Crippen molar-refractivity contribution >= 4 is 27.6 Å². The molecule has 1 aromatic heterocycles. The fraction of sp³-hybridized carbons (Fsp3) is 0.212. The molecule has 0 bridgehead atoms. The van der Waals surface area contributed by atoms with Gasteiger partial charge in [0.25, 0.3) is 5.91 Å². The average Bonchev–Trinajstić information content (AvgIpc) is 3.24. The summed E-state index contributed by atoms with van der Waals surface area (Å²) in [6.07, 6.45) is 0.776. The molecule has 2 heterocycles. The lowest BCUT2D eigenvalue weighted by Gasteiger charge is -2.26. The zero-order valence-electron chi connectivity index (χ0n) is 22.1. The third-order valence-corrected chi connectivity index (χ3v) is 7.31. The summed E-state index contributed by atoms with van der Waals surface area (Å²) in [6.45, 7) is 1.80. The maximum atomic E-state index is 14.0. The molecule has 6 heteroatoms. The number of fused-ring (bicyclic) bond motifs is 4. The highest BCUT2D eigenvalue weighted by atomic mass is 16.5. The molecule has 1 unspecified atom stereocenters. The van der Waals surface area contributed by atoms with Crippen LogP contribution in [-0.2, 0) is 6.61 Å². The van der Waals surface area contributed by atoms with Crippen molar-refractivity contribution in [2.45, 2.75) is 19.1 Å². The van der Waals surface area contributed by atoms with Crippen LogP contribution in [0.4, 0.5) is 0 Å². The summed E-state index contributed by atoms with van der Waals surface area (Å²) in [5, 5.41) is 2.28. The van der Waals surface area contributed by atoms with Gasteiger partial charge in [0.05, 0.1) is 17.0 Å². The van der Waals surface area contributed by atoms with Crippen LogP contribution in [0.25, 0.3) is 21.7 Å². The fourth-order valence-electron chi connectivity index (χ4n) is 5.37. The molecule has 4 aromatic carbocycles. The van der Waals surface area contributed by atoms with Gasteiger partial charge in [-0.3, -0.25) is 9.59 Å². The van der Waals surface area contributed by atoms with Gasteiger partial charge in [-0.1, -0.05) is 72.8 Å². The molecule has 6 rings (SSSR count). The molecule has 1 aliphatic rings. The molecule has 0 fully saturated rings. The monoisotopic (exact) mass is 518 g/mol. The lowest BCUT2D eigenvalue weighted by atomic mass is 9.97. The second kappa shape index (κ2) is 10.4. The Morgan fingerprint density at radius 1 is 0.846 bits per heavy atom. The number of benzene rings is 4. The molecule has 0 spiro atoms. The summed E-state index contributed by atoms with van der Waals surface area (Å²) < 4.78 is 12.3. The Balaban J connectivity index is 1.40. The Bertz CT molecular complexity index is 1710. The van der Waals surface area contributed by atoms with Crippen LogP contribution in [0.3, 0.4) is 0 Å². The molecule has 39 heavy (non-hydrogen) atoms. The van der Waals surface area contributed by atoms with Gasteiger partial charge in [-0.25, -0.2) is 0 Å². The maximum absolute atomic E-state index is 14.0. The van der Waals surface area contributed by atoms with Gasteiger partial charge >= 0.3 is 0 Å². The molecule has 6 nitrogen and oxygen atoms in total. The minimum Gasteiger partial charge on any atom is -0.489 e. The smallest absolute Gasteiger partial charge is 0.290 e. The van der Waals surface area contributed by atoms with Crippen LogP contribution in [0.1, 0.15) is 39.7 Å². The highest BCUT2D eigenvalue weighted by Gasteiger charge is 2.42. The van der Waals surface area contributed by atoms with E-state index in [1.165, 1.54) is 0 Å². The van der Waals surface area contributed by atoms with Crippen LogP contribution in [-0.4, -0.2) is 42.9 Å². The summed E-state index contributed by atoms with van der Waals surface area (Å²) in [5.74, 6) is 0.622. The van der Waals surface area contributed by atoms with Gasteiger partial charge in [-0.05, 0) is 61.8 Å². The van der Waals surface area contributed by atoms with Crippen LogP contribution >= 0.6 is 0 Å². The first-order chi connectivity index (χ1) is 19.0. The molecule has 1 atom stereocenters. The number of carbonyl (C=O) groups is 1. The van der Waals surface area contributed by atoms with Gasteiger partial charge in [0, 0.05) is 11.9 Å². The zero-order valence-corrected chi connectivity index (χ0v) is 22.1. The maximum Gasteiger partial charge on any atom is 0.290 e. The van der Waals surface area contributed by atoms with E-state index in [1.54, 1.807) is 11.0 Å². The highest BCUT2D eigenvalue weighted by Crippen LogP contribution is 2.39. The summed E-state index contributed by atoms with van der Waals surface area (Å²) in [6, 6.07) is 28.6. The third-order valence-electron chi connectivity index (χ3n) is 7.31. The first kappa shape index (κ1) is 24.9. The van der Waals surface area contributed by atoms with E-state index in [-0.39, 0.29) is 17.1 Å². The summed E-state index contributed by atoms with van der Waals surface area (Å²) in [7, 11) is 4.02. The zero-order chi connectivity index (χ0) is 26.9. The van der Waals surface area contributed by atoms with Crippen molar-refractivity contribution in [1.29, 1.82) is 0 Å². The third kappa shape index (κ3) is 4.68. The van der Waals surface area contributed by atoms with Crippen molar-refractivity contribution in [2.75, 3.05) is 27.2 Å². The van der Waals surface area contributed by atoms with Crippen molar-refractivity contribution in [3.05, 3.63) is 124 Å². The molecule has 1 amide bonds. The Labute approximate surface area is 227 Å². The molecular weight excluding hydrogens is 488 g/mol. The normalized spacial score (nSPS) is 14.9. The molecule has 0 radical (unpaired) electrons. The number of hydrogen-bond acceptors (Lipinski definition) is 5. The molecule has 1 aliphatic heterocycles. The van der Waals surface area contributed by atoms with Crippen LogP contribution in [0.5, 0.6) is 5.75 Å². The molecule has 0 saturated carbocycles. The number of ether oxygens (including phenoxy) is 1. The number of hydrogen-bond donors (Lipinski definition) is 0. The first-order valence-electron chi connectivity index (χ1n) is 13.2. The molecule has 196 valence electrons. The van der Waals surface area contributed by atoms with E-state index in [0.717, 1.165) is 40.6 Å². The molecule has 0 saturated heterocycles.